The molecule has 0 radical (unpaired) electrons. The summed E-state index contributed by atoms with van der Waals surface area (Å²) in [6.45, 7) is 3.05. The Morgan fingerprint density at radius 1 is 1.42 bits per heavy atom. The van der Waals surface area contributed by atoms with E-state index in [1.54, 1.807) is 0 Å². The molecule has 0 saturated heterocycles. The molecule has 0 spiro atoms. The van der Waals surface area contributed by atoms with Gasteiger partial charge >= 0.3 is 0 Å². The minimum Gasteiger partial charge on any atom is -0.396 e. The van der Waals surface area contributed by atoms with Crippen molar-refractivity contribution < 1.29 is 10.2 Å². The number of aromatic nitrogens is 1. The first-order valence-corrected chi connectivity index (χ1v) is 7.27. The van der Waals surface area contributed by atoms with Crippen LogP contribution in [0.3, 0.4) is 0 Å². The normalized spacial score (nSPS) is 17.0. The van der Waals surface area contributed by atoms with E-state index in [1.165, 1.54) is 19.3 Å². The SMILES string of the molecule is CCC(O)c1ccc(N(CCCO)C2CCC2)cn1. The molecule has 1 aromatic heterocycles. The Labute approximate surface area is 115 Å². The van der Waals surface area contributed by atoms with Crippen molar-refractivity contribution in [1.82, 2.24) is 4.98 Å². The lowest BCUT2D eigenvalue weighted by atomic mass is 9.91. The van der Waals surface area contributed by atoms with Crippen LogP contribution in [0.4, 0.5) is 5.69 Å². The van der Waals surface area contributed by atoms with Gasteiger partial charge in [-0.2, -0.15) is 0 Å². The monoisotopic (exact) mass is 264 g/mol. The second-order valence-electron chi connectivity index (χ2n) is 5.22. The Hall–Kier alpha value is -1.13. The predicted molar refractivity (Wildman–Crippen MR) is 76.2 cm³/mol. The zero-order valence-electron chi connectivity index (χ0n) is 11.6. The van der Waals surface area contributed by atoms with E-state index >= 15 is 0 Å². The molecule has 106 valence electrons. The smallest absolute Gasteiger partial charge is 0.0957 e. The van der Waals surface area contributed by atoms with E-state index in [2.05, 4.69) is 9.88 Å². The van der Waals surface area contributed by atoms with Gasteiger partial charge in [0.1, 0.15) is 0 Å². The highest BCUT2D eigenvalue weighted by Crippen LogP contribution is 2.29. The Bertz CT molecular complexity index is 376. The van der Waals surface area contributed by atoms with Crippen LogP contribution >= 0.6 is 0 Å². The molecule has 1 saturated carbocycles. The summed E-state index contributed by atoms with van der Waals surface area (Å²) >= 11 is 0. The molecule has 0 bridgehead atoms. The molecule has 1 aliphatic carbocycles. The van der Waals surface area contributed by atoms with Gasteiger partial charge in [-0.3, -0.25) is 4.98 Å². The summed E-state index contributed by atoms with van der Waals surface area (Å²) in [6, 6.07) is 4.54. The maximum absolute atomic E-state index is 9.76. The van der Waals surface area contributed by atoms with Gasteiger partial charge in [-0.25, -0.2) is 0 Å². The van der Waals surface area contributed by atoms with E-state index in [1.807, 2.05) is 25.3 Å². The zero-order chi connectivity index (χ0) is 13.7. The summed E-state index contributed by atoms with van der Waals surface area (Å²) < 4.78 is 0. The molecule has 0 aromatic carbocycles. The van der Waals surface area contributed by atoms with Crippen LogP contribution in [-0.4, -0.2) is 34.4 Å². The Balaban J connectivity index is 2.07. The van der Waals surface area contributed by atoms with E-state index in [4.69, 9.17) is 5.11 Å². The average Bonchev–Trinajstić information content (AvgIpc) is 2.40. The molecule has 1 atom stereocenters. The van der Waals surface area contributed by atoms with Gasteiger partial charge in [0.15, 0.2) is 0 Å². The number of anilines is 1. The standard InChI is InChI=1S/C15H24N2O2/c1-2-15(19)14-8-7-13(11-16-14)17(9-4-10-18)12-5-3-6-12/h7-8,11-12,15,18-19H,2-6,9-10H2,1H3. The van der Waals surface area contributed by atoms with Crippen molar-refractivity contribution in [2.24, 2.45) is 0 Å². The van der Waals surface area contributed by atoms with Gasteiger partial charge in [0.25, 0.3) is 0 Å². The lowest BCUT2D eigenvalue weighted by Gasteiger charge is -2.39. The van der Waals surface area contributed by atoms with Crippen LogP contribution in [0.25, 0.3) is 0 Å². The first kappa shape index (κ1) is 14.3. The number of hydrogen-bond acceptors (Lipinski definition) is 4. The Kier molecular flexibility index (Phi) is 5.16. The topological polar surface area (TPSA) is 56.6 Å². The van der Waals surface area contributed by atoms with Gasteiger partial charge in [0.05, 0.1) is 23.7 Å². The van der Waals surface area contributed by atoms with Gasteiger partial charge in [-0.1, -0.05) is 6.92 Å². The molecule has 1 fully saturated rings. The van der Waals surface area contributed by atoms with E-state index in [-0.39, 0.29) is 6.61 Å². The van der Waals surface area contributed by atoms with Crippen molar-refractivity contribution in [3.63, 3.8) is 0 Å². The fourth-order valence-corrected chi connectivity index (χ4v) is 2.44. The molecular weight excluding hydrogens is 240 g/mol. The molecule has 0 aliphatic heterocycles. The largest absolute Gasteiger partial charge is 0.396 e. The first-order chi connectivity index (χ1) is 9.26. The van der Waals surface area contributed by atoms with Crippen molar-refractivity contribution in [1.29, 1.82) is 0 Å². The molecule has 19 heavy (non-hydrogen) atoms. The Morgan fingerprint density at radius 3 is 2.68 bits per heavy atom. The summed E-state index contributed by atoms with van der Waals surface area (Å²) in [4.78, 5) is 6.71. The lowest BCUT2D eigenvalue weighted by molar-refractivity contribution is 0.169. The molecule has 1 aromatic rings. The van der Waals surface area contributed by atoms with Crippen LogP contribution in [0.1, 0.15) is 50.8 Å². The third-order valence-corrected chi connectivity index (χ3v) is 3.90. The predicted octanol–water partition coefficient (Wildman–Crippen LogP) is 2.27. The van der Waals surface area contributed by atoms with E-state index in [0.29, 0.717) is 12.5 Å². The number of nitrogens with zero attached hydrogens (tertiary/aromatic N) is 2. The number of aliphatic hydroxyl groups is 2. The maximum Gasteiger partial charge on any atom is 0.0957 e. The van der Waals surface area contributed by atoms with Crippen molar-refractivity contribution in [3.8, 4) is 0 Å². The highest BCUT2D eigenvalue weighted by molar-refractivity contribution is 5.46. The van der Waals surface area contributed by atoms with E-state index in [9.17, 15) is 5.11 Å². The zero-order valence-corrected chi connectivity index (χ0v) is 11.6. The van der Waals surface area contributed by atoms with Crippen molar-refractivity contribution in [2.45, 2.75) is 51.2 Å². The Morgan fingerprint density at radius 2 is 2.21 bits per heavy atom. The molecular formula is C15H24N2O2. The molecule has 0 amide bonds. The van der Waals surface area contributed by atoms with Gasteiger partial charge in [-0.15, -0.1) is 0 Å². The summed E-state index contributed by atoms with van der Waals surface area (Å²) in [5, 5.41) is 18.8. The second-order valence-corrected chi connectivity index (χ2v) is 5.22. The van der Waals surface area contributed by atoms with Crippen LogP contribution in [0.15, 0.2) is 18.3 Å². The first-order valence-electron chi connectivity index (χ1n) is 7.27. The summed E-state index contributed by atoms with van der Waals surface area (Å²) in [6.07, 6.45) is 6.60. The molecule has 2 N–H and O–H groups in total. The van der Waals surface area contributed by atoms with Crippen LogP contribution < -0.4 is 4.90 Å². The van der Waals surface area contributed by atoms with Crippen LogP contribution in [0.5, 0.6) is 0 Å². The molecule has 1 aliphatic rings. The quantitative estimate of drug-likeness (QED) is 0.793. The van der Waals surface area contributed by atoms with Gasteiger partial charge < -0.3 is 15.1 Å². The fraction of sp³-hybridized carbons (Fsp3) is 0.667. The highest BCUT2D eigenvalue weighted by Gasteiger charge is 2.25. The van der Waals surface area contributed by atoms with Crippen molar-refractivity contribution in [2.75, 3.05) is 18.1 Å². The fourth-order valence-electron chi connectivity index (χ4n) is 2.44. The summed E-state index contributed by atoms with van der Waals surface area (Å²) in [7, 11) is 0. The minimum atomic E-state index is -0.469. The number of pyridine rings is 1. The number of rotatable bonds is 7. The second kappa shape index (κ2) is 6.87. The third-order valence-electron chi connectivity index (χ3n) is 3.90. The number of hydrogen-bond donors (Lipinski definition) is 2. The maximum atomic E-state index is 9.76. The lowest BCUT2D eigenvalue weighted by Crippen LogP contribution is -2.41. The van der Waals surface area contributed by atoms with Gasteiger partial charge in [-0.05, 0) is 44.2 Å². The minimum absolute atomic E-state index is 0.225. The average molecular weight is 264 g/mol. The molecule has 1 unspecified atom stereocenters. The highest BCUT2D eigenvalue weighted by atomic mass is 16.3. The summed E-state index contributed by atoms with van der Waals surface area (Å²) in [5.41, 5.74) is 1.84. The molecule has 2 rings (SSSR count). The number of aliphatic hydroxyl groups excluding tert-OH is 2. The van der Waals surface area contributed by atoms with Gasteiger partial charge in [0.2, 0.25) is 0 Å². The van der Waals surface area contributed by atoms with Gasteiger partial charge in [0, 0.05) is 19.2 Å². The van der Waals surface area contributed by atoms with Crippen LogP contribution in [0, 0.1) is 0 Å². The molecule has 4 heteroatoms. The van der Waals surface area contributed by atoms with E-state index in [0.717, 1.165) is 24.3 Å². The summed E-state index contributed by atoms with van der Waals surface area (Å²) in [5.74, 6) is 0. The van der Waals surface area contributed by atoms with Crippen LogP contribution in [0.2, 0.25) is 0 Å². The third kappa shape index (κ3) is 3.45. The van der Waals surface area contributed by atoms with Crippen LogP contribution in [-0.2, 0) is 0 Å². The van der Waals surface area contributed by atoms with Crippen molar-refractivity contribution in [3.05, 3.63) is 24.0 Å². The molecule has 4 nitrogen and oxygen atoms in total. The van der Waals surface area contributed by atoms with Crippen molar-refractivity contribution >= 4 is 5.69 Å². The van der Waals surface area contributed by atoms with E-state index < -0.39 is 6.10 Å². The molecule has 1 heterocycles.